The van der Waals surface area contributed by atoms with Crippen LogP contribution in [0.5, 0.6) is 0 Å². The molecule has 0 fully saturated rings. The van der Waals surface area contributed by atoms with E-state index < -0.39 is 23.9 Å². The van der Waals surface area contributed by atoms with Crippen LogP contribution in [0.4, 0.5) is 0 Å². The average molecular weight is 602 g/mol. The van der Waals surface area contributed by atoms with Crippen molar-refractivity contribution in [3.8, 4) is 0 Å². The highest BCUT2D eigenvalue weighted by molar-refractivity contribution is 6.30. The van der Waals surface area contributed by atoms with Gasteiger partial charge in [0.2, 0.25) is 23.6 Å². The topological polar surface area (TPSA) is 146 Å². The average Bonchev–Trinajstić information content (AvgIpc) is 3.41. The number of aryl methyl sites for hydroxylation is 1. The third kappa shape index (κ3) is 9.72. The van der Waals surface area contributed by atoms with E-state index in [1.807, 2.05) is 72.9 Å². The van der Waals surface area contributed by atoms with Gasteiger partial charge < -0.3 is 26.7 Å². The van der Waals surface area contributed by atoms with Crippen LogP contribution in [-0.2, 0) is 38.4 Å². The summed E-state index contributed by atoms with van der Waals surface area (Å²) >= 11 is 5.94. The lowest BCUT2D eigenvalue weighted by molar-refractivity contribution is -0.132. The van der Waals surface area contributed by atoms with Crippen LogP contribution in [0, 0.1) is 0 Å². The van der Waals surface area contributed by atoms with Gasteiger partial charge in [0, 0.05) is 47.9 Å². The van der Waals surface area contributed by atoms with Crippen molar-refractivity contribution in [2.45, 2.75) is 50.6 Å². The number of aromatic nitrogens is 1. The van der Waals surface area contributed by atoms with Crippen LogP contribution in [0.1, 0.15) is 36.0 Å². The summed E-state index contributed by atoms with van der Waals surface area (Å²) in [6.45, 7) is 0.385. The minimum Gasteiger partial charge on any atom is -0.370 e. The summed E-state index contributed by atoms with van der Waals surface area (Å²) in [4.78, 5) is 54.5. The molecular formula is C33H36ClN5O4. The van der Waals surface area contributed by atoms with E-state index in [1.54, 1.807) is 12.1 Å². The Morgan fingerprint density at radius 2 is 1.47 bits per heavy atom. The molecule has 224 valence electrons. The monoisotopic (exact) mass is 601 g/mol. The second-order valence-electron chi connectivity index (χ2n) is 10.4. The lowest BCUT2D eigenvalue weighted by Crippen LogP contribution is -2.54. The fourth-order valence-corrected chi connectivity index (χ4v) is 4.96. The molecule has 0 aliphatic carbocycles. The number of hydrogen-bond acceptors (Lipinski definition) is 4. The number of primary amides is 1. The number of fused-ring (bicyclic) bond motifs is 1. The van der Waals surface area contributed by atoms with Crippen LogP contribution < -0.4 is 21.7 Å². The van der Waals surface area contributed by atoms with Crippen molar-refractivity contribution in [2.75, 3.05) is 6.54 Å². The molecule has 0 saturated carbocycles. The van der Waals surface area contributed by atoms with Crippen molar-refractivity contribution in [1.82, 2.24) is 20.9 Å². The summed E-state index contributed by atoms with van der Waals surface area (Å²) in [7, 11) is 0. The van der Waals surface area contributed by atoms with Gasteiger partial charge in [-0.25, -0.2) is 0 Å². The Morgan fingerprint density at radius 3 is 2.21 bits per heavy atom. The SMILES string of the molecule is NC(=O)CC[C@H](NC(=O)CCc1ccc(Cl)cc1)C(=O)N[C@H](Cc1c[nH]c2ccccc12)C(=O)NCCc1ccccc1. The second-order valence-corrected chi connectivity index (χ2v) is 10.8. The van der Waals surface area contributed by atoms with Gasteiger partial charge in [-0.3, -0.25) is 19.2 Å². The van der Waals surface area contributed by atoms with E-state index in [0.29, 0.717) is 24.4 Å². The molecule has 0 radical (unpaired) electrons. The third-order valence-electron chi connectivity index (χ3n) is 7.17. The molecule has 2 atom stereocenters. The zero-order chi connectivity index (χ0) is 30.6. The number of H-pyrrole nitrogens is 1. The number of benzene rings is 3. The Kier molecular flexibility index (Phi) is 11.3. The number of aromatic amines is 1. The van der Waals surface area contributed by atoms with Gasteiger partial charge in [0.1, 0.15) is 12.1 Å². The summed E-state index contributed by atoms with van der Waals surface area (Å²) < 4.78 is 0. The van der Waals surface area contributed by atoms with E-state index in [0.717, 1.165) is 27.6 Å². The standard InChI is InChI=1S/C33H36ClN5O4/c34-25-13-10-23(11-14-25)12-17-31(41)38-28(15-16-30(35)40)33(43)39-29(20-24-21-37-27-9-5-4-8-26(24)27)32(42)36-19-18-22-6-2-1-3-7-22/h1-11,13-14,21,28-29,37H,12,15-20H2,(H2,35,40)(H,36,42)(H,38,41)(H,39,43)/t28-,29+/m0/s1. The van der Waals surface area contributed by atoms with Crippen molar-refractivity contribution in [1.29, 1.82) is 0 Å². The number of hydrogen-bond donors (Lipinski definition) is 5. The molecule has 4 rings (SSSR count). The highest BCUT2D eigenvalue weighted by Crippen LogP contribution is 2.19. The van der Waals surface area contributed by atoms with E-state index in [2.05, 4.69) is 20.9 Å². The molecular weight excluding hydrogens is 566 g/mol. The van der Waals surface area contributed by atoms with Crippen molar-refractivity contribution >= 4 is 46.1 Å². The maximum Gasteiger partial charge on any atom is 0.243 e. The maximum absolute atomic E-state index is 13.5. The highest BCUT2D eigenvalue weighted by atomic mass is 35.5. The summed E-state index contributed by atoms with van der Waals surface area (Å²) in [5.41, 5.74) is 9.13. The number of carbonyl (C=O) groups is 4. The molecule has 1 heterocycles. The van der Waals surface area contributed by atoms with Crippen LogP contribution in [0.25, 0.3) is 10.9 Å². The fourth-order valence-electron chi connectivity index (χ4n) is 4.83. The minimum atomic E-state index is -1.05. The Morgan fingerprint density at radius 1 is 0.767 bits per heavy atom. The number of halogens is 1. The number of rotatable bonds is 15. The zero-order valence-corrected chi connectivity index (χ0v) is 24.5. The van der Waals surface area contributed by atoms with E-state index in [4.69, 9.17) is 17.3 Å². The predicted molar refractivity (Wildman–Crippen MR) is 167 cm³/mol. The number of para-hydroxylation sites is 1. The largest absolute Gasteiger partial charge is 0.370 e. The molecule has 4 amide bonds. The molecule has 0 saturated heterocycles. The fraction of sp³-hybridized carbons (Fsp3) is 0.273. The van der Waals surface area contributed by atoms with Gasteiger partial charge in [-0.15, -0.1) is 0 Å². The second kappa shape index (κ2) is 15.6. The van der Waals surface area contributed by atoms with Crippen LogP contribution in [0.3, 0.4) is 0 Å². The molecule has 3 aromatic carbocycles. The molecule has 0 unspecified atom stereocenters. The first-order chi connectivity index (χ1) is 20.8. The van der Waals surface area contributed by atoms with Gasteiger partial charge in [0.15, 0.2) is 0 Å². The van der Waals surface area contributed by atoms with Gasteiger partial charge in [0.05, 0.1) is 0 Å². The molecule has 10 heteroatoms. The smallest absolute Gasteiger partial charge is 0.243 e. The molecule has 0 bridgehead atoms. The predicted octanol–water partition coefficient (Wildman–Crippen LogP) is 3.59. The first kappa shape index (κ1) is 31.3. The van der Waals surface area contributed by atoms with Gasteiger partial charge in [-0.2, -0.15) is 0 Å². The van der Waals surface area contributed by atoms with Gasteiger partial charge >= 0.3 is 0 Å². The maximum atomic E-state index is 13.5. The Balaban J connectivity index is 1.45. The van der Waals surface area contributed by atoms with Crippen LogP contribution in [0.2, 0.25) is 5.02 Å². The molecule has 9 nitrogen and oxygen atoms in total. The highest BCUT2D eigenvalue weighted by Gasteiger charge is 2.28. The van der Waals surface area contributed by atoms with Crippen molar-refractivity contribution in [2.24, 2.45) is 5.73 Å². The van der Waals surface area contributed by atoms with E-state index in [9.17, 15) is 19.2 Å². The lowest BCUT2D eigenvalue weighted by atomic mass is 10.0. The molecule has 0 aliphatic heterocycles. The quantitative estimate of drug-likeness (QED) is 0.142. The minimum absolute atomic E-state index is 0.00326. The summed E-state index contributed by atoms with van der Waals surface area (Å²) in [5.74, 6) is -1.87. The van der Waals surface area contributed by atoms with Crippen molar-refractivity contribution < 1.29 is 19.2 Å². The molecule has 4 aromatic rings. The molecule has 6 N–H and O–H groups in total. The zero-order valence-electron chi connectivity index (χ0n) is 23.8. The van der Waals surface area contributed by atoms with Gasteiger partial charge in [0.25, 0.3) is 0 Å². The molecule has 0 spiro atoms. The number of carbonyl (C=O) groups excluding carboxylic acids is 4. The summed E-state index contributed by atoms with van der Waals surface area (Å²) in [6, 6.07) is 22.7. The van der Waals surface area contributed by atoms with Crippen LogP contribution in [-0.4, -0.2) is 47.2 Å². The Hall–Kier alpha value is -4.63. The first-order valence-electron chi connectivity index (χ1n) is 14.3. The number of nitrogens with one attached hydrogen (secondary N) is 4. The number of nitrogens with two attached hydrogens (primary N) is 1. The Labute approximate surface area is 255 Å². The van der Waals surface area contributed by atoms with E-state index >= 15 is 0 Å². The van der Waals surface area contributed by atoms with E-state index in [-0.39, 0.29) is 37.5 Å². The first-order valence-corrected chi connectivity index (χ1v) is 14.7. The molecule has 0 aliphatic rings. The lowest BCUT2D eigenvalue weighted by Gasteiger charge is -2.23. The van der Waals surface area contributed by atoms with E-state index in [1.165, 1.54) is 0 Å². The van der Waals surface area contributed by atoms with Crippen LogP contribution in [0.15, 0.2) is 85.1 Å². The van der Waals surface area contributed by atoms with Crippen molar-refractivity contribution in [3.63, 3.8) is 0 Å². The molecule has 43 heavy (non-hydrogen) atoms. The Bertz CT molecular complexity index is 1540. The normalized spacial score (nSPS) is 12.3. The summed E-state index contributed by atoms with van der Waals surface area (Å²) in [6.07, 6.45) is 3.14. The third-order valence-corrected chi connectivity index (χ3v) is 7.42. The molecule has 1 aromatic heterocycles. The van der Waals surface area contributed by atoms with Crippen molar-refractivity contribution in [3.05, 3.63) is 107 Å². The van der Waals surface area contributed by atoms with Gasteiger partial charge in [-0.1, -0.05) is 72.3 Å². The number of amides is 4. The van der Waals surface area contributed by atoms with Gasteiger partial charge in [-0.05, 0) is 54.2 Å². The van der Waals surface area contributed by atoms with Crippen LogP contribution >= 0.6 is 11.6 Å². The summed E-state index contributed by atoms with van der Waals surface area (Å²) in [5, 5.41) is 10.0.